The van der Waals surface area contributed by atoms with Gasteiger partial charge in [-0.1, -0.05) is 18.7 Å². The Labute approximate surface area is 178 Å². The average molecular weight is 425 g/mol. The molecule has 0 amide bonds. The maximum Gasteiger partial charge on any atom is 0.296 e. The van der Waals surface area contributed by atoms with Gasteiger partial charge < -0.3 is 14.8 Å². The molecule has 1 aliphatic rings. The zero-order valence-electron chi connectivity index (χ0n) is 17.4. The molecule has 4 rings (SSSR count). The van der Waals surface area contributed by atoms with Crippen LogP contribution in [0.5, 0.6) is 5.75 Å². The summed E-state index contributed by atoms with van der Waals surface area (Å²) in [5.74, 6) is 0.482. The van der Waals surface area contributed by atoms with Gasteiger partial charge in [-0.25, -0.2) is 14.4 Å². The molecule has 162 valence electrons. The molecule has 0 radical (unpaired) electrons. The summed E-state index contributed by atoms with van der Waals surface area (Å²) < 4.78 is 20.0. The van der Waals surface area contributed by atoms with Crippen molar-refractivity contribution in [1.29, 1.82) is 0 Å². The van der Waals surface area contributed by atoms with Gasteiger partial charge in [-0.2, -0.15) is 0 Å². The van der Waals surface area contributed by atoms with E-state index in [1.54, 1.807) is 18.3 Å². The molecule has 0 saturated carbocycles. The molecule has 0 bridgehead atoms. The Hall–Kier alpha value is -3.46. The van der Waals surface area contributed by atoms with Gasteiger partial charge in [0, 0.05) is 19.6 Å². The smallest absolute Gasteiger partial charge is 0.296 e. The van der Waals surface area contributed by atoms with Gasteiger partial charge in [-0.15, -0.1) is 0 Å². The largest absolute Gasteiger partial charge is 0.501 e. The maximum absolute atomic E-state index is 13.1. The van der Waals surface area contributed by atoms with Crippen LogP contribution in [0.1, 0.15) is 36.7 Å². The van der Waals surface area contributed by atoms with Crippen LogP contribution in [0.25, 0.3) is 5.70 Å². The van der Waals surface area contributed by atoms with Gasteiger partial charge in [-0.3, -0.25) is 14.3 Å². The SMILES string of the molecule is C=C(NCc1ccc(F)cc1)c1nc2n(c(=O)c1O)CCN(Cc1cnco1)C2(C)C. The predicted octanol–water partition coefficient (Wildman–Crippen LogP) is 2.59. The Kier molecular flexibility index (Phi) is 5.36. The second kappa shape index (κ2) is 7.99. The average Bonchev–Trinajstić information content (AvgIpc) is 3.25. The molecule has 0 saturated heterocycles. The van der Waals surface area contributed by atoms with Crippen LogP contribution in [0.2, 0.25) is 0 Å². The minimum atomic E-state index is -0.607. The number of rotatable bonds is 6. The number of benzene rings is 1. The second-order valence-corrected chi connectivity index (χ2v) is 8.00. The molecule has 31 heavy (non-hydrogen) atoms. The second-order valence-electron chi connectivity index (χ2n) is 8.00. The van der Waals surface area contributed by atoms with E-state index in [2.05, 4.69) is 26.8 Å². The number of fused-ring (bicyclic) bond motifs is 1. The number of hydrogen-bond donors (Lipinski definition) is 2. The number of hydrogen-bond acceptors (Lipinski definition) is 7. The van der Waals surface area contributed by atoms with Crippen molar-refractivity contribution in [2.45, 2.75) is 39.0 Å². The summed E-state index contributed by atoms with van der Waals surface area (Å²) in [4.78, 5) is 23.6. The fourth-order valence-electron chi connectivity index (χ4n) is 3.75. The van der Waals surface area contributed by atoms with Crippen LogP contribution in [0.15, 0.2) is 52.6 Å². The molecule has 2 N–H and O–H groups in total. The van der Waals surface area contributed by atoms with E-state index in [-0.39, 0.29) is 11.5 Å². The minimum absolute atomic E-state index is 0.105. The zero-order valence-corrected chi connectivity index (χ0v) is 17.4. The molecule has 9 heteroatoms. The van der Waals surface area contributed by atoms with Crippen LogP contribution in [0.4, 0.5) is 4.39 Å². The lowest BCUT2D eigenvalue weighted by molar-refractivity contribution is 0.0589. The fourth-order valence-corrected chi connectivity index (χ4v) is 3.75. The molecule has 0 fully saturated rings. The van der Waals surface area contributed by atoms with Crippen molar-refractivity contribution in [3.8, 4) is 5.75 Å². The molecule has 3 heterocycles. The van der Waals surface area contributed by atoms with Crippen molar-refractivity contribution in [2.24, 2.45) is 0 Å². The first-order chi connectivity index (χ1) is 14.8. The van der Waals surface area contributed by atoms with E-state index in [1.807, 2.05) is 13.8 Å². The molecule has 0 atom stereocenters. The summed E-state index contributed by atoms with van der Waals surface area (Å²) in [5, 5.41) is 13.6. The Bertz CT molecular complexity index is 1150. The number of aromatic nitrogens is 3. The van der Waals surface area contributed by atoms with Crippen molar-refractivity contribution < 1.29 is 13.9 Å². The molecule has 0 spiro atoms. The zero-order chi connectivity index (χ0) is 22.2. The lowest BCUT2D eigenvalue weighted by atomic mass is 9.97. The van der Waals surface area contributed by atoms with Crippen molar-refractivity contribution in [1.82, 2.24) is 24.8 Å². The number of halogens is 1. The van der Waals surface area contributed by atoms with E-state index in [0.717, 1.165) is 5.56 Å². The van der Waals surface area contributed by atoms with E-state index in [9.17, 15) is 14.3 Å². The standard InChI is InChI=1S/C22H24FN5O3/c1-14(25-10-15-4-6-16(23)7-5-15)18-19(29)20(30)28-9-8-27(12-17-11-24-13-31-17)22(2,3)21(28)26-18/h4-7,11,13,25,29H,1,8-10,12H2,2-3H3. The van der Waals surface area contributed by atoms with Gasteiger partial charge in [0.05, 0.1) is 24.0 Å². The molecule has 0 unspecified atom stereocenters. The normalized spacial score (nSPS) is 15.5. The summed E-state index contributed by atoms with van der Waals surface area (Å²) in [7, 11) is 0. The monoisotopic (exact) mass is 425 g/mol. The van der Waals surface area contributed by atoms with E-state index in [4.69, 9.17) is 4.42 Å². The van der Waals surface area contributed by atoms with Crippen molar-refractivity contribution in [2.75, 3.05) is 6.54 Å². The van der Waals surface area contributed by atoms with Gasteiger partial charge in [0.25, 0.3) is 5.56 Å². The quantitative estimate of drug-likeness (QED) is 0.627. The molecular formula is C22H24FN5O3. The Morgan fingerprint density at radius 3 is 2.74 bits per heavy atom. The van der Waals surface area contributed by atoms with Crippen molar-refractivity contribution >= 4 is 5.70 Å². The van der Waals surface area contributed by atoms with Crippen LogP contribution < -0.4 is 10.9 Å². The molecule has 0 aliphatic carbocycles. The van der Waals surface area contributed by atoms with Crippen LogP contribution >= 0.6 is 0 Å². The summed E-state index contributed by atoms with van der Waals surface area (Å²) in [6.45, 7) is 9.72. The third-order valence-electron chi connectivity index (χ3n) is 5.61. The van der Waals surface area contributed by atoms with Crippen LogP contribution in [-0.4, -0.2) is 31.1 Å². The lowest BCUT2D eigenvalue weighted by Gasteiger charge is -2.42. The highest BCUT2D eigenvalue weighted by molar-refractivity contribution is 5.63. The van der Waals surface area contributed by atoms with Gasteiger partial charge in [-0.05, 0) is 31.5 Å². The molecule has 1 aliphatic heterocycles. The Morgan fingerprint density at radius 1 is 1.32 bits per heavy atom. The van der Waals surface area contributed by atoms with Crippen LogP contribution in [0, 0.1) is 5.82 Å². The first-order valence-corrected chi connectivity index (χ1v) is 9.91. The summed E-state index contributed by atoms with van der Waals surface area (Å²) in [5.41, 5.74) is 0.134. The van der Waals surface area contributed by atoms with Gasteiger partial charge in [0.15, 0.2) is 6.39 Å². The molecule has 3 aromatic rings. The molecule has 2 aromatic heterocycles. The van der Waals surface area contributed by atoms with E-state index in [0.29, 0.717) is 43.5 Å². The number of nitrogens with zero attached hydrogens (tertiary/aromatic N) is 4. The molecule has 1 aromatic carbocycles. The number of aromatic hydroxyl groups is 1. The topological polar surface area (TPSA) is 96.4 Å². The summed E-state index contributed by atoms with van der Waals surface area (Å²) >= 11 is 0. The highest BCUT2D eigenvalue weighted by atomic mass is 19.1. The third-order valence-corrected chi connectivity index (χ3v) is 5.61. The minimum Gasteiger partial charge on any atom is -0.501 e. The van der Waals surface area contributed by atoms with E-state index >= 15 is 0 Å². The van der Waals surface area contributed by atoms with Crippen LogP contribution in [-0.2, 0) is 25.2 Å². The van der Waals surface area contributed by atoms with Gasteiger partial charge in [0.1, 0.15) is 23.1 Å². The molecular weight excluding hydrogens is 401 g/mol. The maximum atomic E-state index is 13.1. The number of nitrogens with one attached hydrogen (secondary N) is 1. The lowest BCUT2D eigenvalue weighted by Crippen LogP contribution is -2.52. The number of oxazole rings is 1. The summed E-state index contributed by atoms with van der Waals surface area (Å²) in [6.07, 6.45) is 3.05. The first-order valence-electron chi connectivity index (χ1n) is 9.91. The summed E-state index contributed by atoms with van der Waals surface area (Å²) in [6, 6.07) is 6.03. The van der Waals surface area contributed by atoms with Crippen LogP contribution in [0.3, 0.4) is 0 Å². The molecule has 8 nitrogen and oxygen atoms in total. The fraction of sp³-hybridized carbons (Fsp3) is 0.318. The third kappa shape index (κ3) is 3.96. The first kappa shape index (κ1) is 20.8. The van der Waals surface area contributed by atoms with E-state index < -0.39 is 16.8 Å². The highest BCUT2D eigenvalue weighted by Gasteiger charge is 2.38. The van der Waals surface area contributed by atoms with E-state index in [1.165, 1.54) is 23.1 Å². The van der Waals surface area contributed by atoms with Crippen molar-refractivity contribution in [3.05, 3.63) is 82.4 Å². The Balaban J connectivity index is 1.62. The predicted molar refractivity (Wildman–Crippen MR) is 112 cm³/mol. The van der Waals surface area contributed by atoms with Crippen molar-refractivity contribution in [3.63, 3.8) is 0 Å². The Morgan fingerprint density at radius 2 is 2.06 bits per heavy atom. The van der Waals surface area contributed by atoms with Gasteiger partial charge >= 0.3 is 0 Å². The van der Waals surface area contributed by atoms with Gasteiger partial charge in [0.2, 0.25) is 5.75 Å². The highest BCUT2D eigenvalue weighted by Crippen LogP contribution is 2.32.